The lowest BCUT2D eigenvalue weighted by Crippen LogP contribution is -2.32. The molecule has 3 aromatic carbocycles. The number of hydrogen-bond donors (Lipinski definition) is 0. The van der Waals surface area contributed by atoms with Crippen molar-refractivity contribution in [3.63, 3.8) is 0 Å². The van der Waals surface area contributed by atoms with E-state index in [0.29, 0.717) is 5.92 Å². The molecule has 30 heavy (non-hydrogen) atoms. The quantitative estimate of drug-likeness (QED) is 0.477. The number of rotatable bonds is 4. The third-order valence-electron chi connectivity index (χ3n) is 6.34. The number of benzene rings is 3. The second-order valence-corrected chi connectivity index (χ2v) is 8.58. The molecule has 3 aromatic rings. The number of fused-ring (bicyclic) bond motifs is 6. The minimum atomic E-state index is -0.960. The van der Waals surface area contributed by atoms with Gasteiger partial charge in [0.05, 0.1) is 5.56 Å². The summed E-state index contributed by atoms with van der Waals surface area (Å²) in [6, 6.07) is 20.0. The van der Waals surface area contributed by atoms with Crippen molar-refractivity contribution in [3.8, 4) is 11.5 Å². The molecule has 0 unspecified atom stereocenters. The smallest absolute Gasteiger partial charge is 0.340 e. The number of hydrogen-bond acceptors (Lipinski definition) is 3. The van der Waals surface area contributed by atoms with E-state index in [1.807, 2.05) is 48.5 Å². The fourth-order valence-electron chi connectivity index (χ4n) is 4.90. The molecular weight excluding hydrogens is 372 g/mol. The van der Waals surface area contributed by atoms with Gasteiger partial charge in [0.15, 0.2) is 5.60 Å². The molecule has 3 heteroatoms. The zero-order valence-electron chi connectivity index (χ0n) is 17.7. The van der Waals surface area contributed by atoms with E-state index >= 15 is 0 Å². The molecule has 0 radical (unpaired) electrons. The topological polar surface area (TPSA) is 35.5 Å². The summed E-state index contributed by atoms with van der Waals surface area (Å²) < 4.78 is 12.5. The summed E-state index contributed by atoms with van der Waals surface area (Å²) in [5.74, 6) is 1.85. The van der Waals surface area contributed by atoms with Gasteiger partial charge in [-0.25, -0.2) is 4.79 Å². The molecule has 0 N–H and O–H groups in total. The maximum Gasteiger partial charge on any atom is 0.340 e. The van der Waals surface area contributed by atoms with Crippen LogP contribution >= 0.6 is 0 Å². The van der Waals surface area contributed by atoms with Crippen molar-refractivity contribution in [1.29, 1.82) is 0 Å². The summed E-state index contributed by atoms with van der Waals surface area (Å²) in [7, 11) is 0. The minimum Gasteiger partial charge on any atom is -0.456 e. The van der Waals surface area contributed by atoms with E-state index < -0.39 is 5.60 Å². The molecule has 0 saturated heterocycles. The lowest BCUT2D eigenvalue weighted by atomic mass is 9.76. The van der Waals surface area contributed by atoms with Gasteiger partial charge in [0.2, 0.25) is 0 Å². The summed E-state index contributed by atoms with van der Waals surface area (Å²) in [5.41, 5.74) is 4.86. The molecule has 2 aliphatic rings. The Hall–Kier alpha value is -3.07. The van der Waals surface area contributed by atoms with Gasteiger partial charge in [-0.05, 0) is 48.4 Å². The van der Waals surface area contributed by atoms with E-state index in [4.69, 9.17) is 9.47 Å². The molecule has 0 amide bonds. The van der Waals surface area contributed by atoms with E-state index in [0.717, 1.165) is 58.6 Å². The molecule has 0 aromatic heterocycles. The molecule has 152 valence electrons. The number of ether oxygens (including phenoxy) is 2. The van der Waals surface area contributed by atoms with Crippen LogP contribution in [0.1, 0.15) is 65.4 Å². The van der Waals surface area contributed by atoms with E-state index in [1.54, 1.807) is 0 Å². The zero-order valence-corrected chi connectivity index (χ0v) is 17.7. The van der Waals surface area contributed by atoms with Crippen LogP contribution in [-0.2, 0) is 23.2 Å². The molecule has 0 fully saturated rings. The van der Waals surface area contributed by atoms with Crippen molar-refractivity contribution < 1.29 is 14.3 Å². The van der Waals surface area contributed by atoms with Gasteiger partial charge >= 0.3 is 5.97 Å². The van der Waals surface area contributed by atoms with Crippen molar-refractivity contribution in [1.82, 2.24) is 0 Å². The molecule has 0 saturated carbocycles. The van der Waals surface area contributed by atoms with Crippen LogP contribution in [-0.4, -0.2) is 5.97 Å². The monoisotopic (exact) mass is 398 g/mol. The molecule has 0 aliphatic carbocycles. The van der Waals surface area contributed by atoms with E-state index in [9.17, 15) is 4.79 Å². The summed E-state index contributed by atoms with van der Waals surface area (Å²) in [6.07, 6.45) is 2.89. The molecule has 2 aliphatic heterocycles. The maximum absolute atomic E-state index is 13.4. The van der Waals surface area contributed by atoms with Crippen LogP contribution in [0.2, 0.25) is 0 Å². The molecule has 2 heterocycles. The second-order valence-electron chi connectivity index (χ2n) is 8.58. The van der Waals surface area contributed by atoms with Gasteiger partial charge in [-0.2, -0.15) is 0 Å². The largest absolute Gasteiger partial charge is 0.456 e. The Bertz CT molecular complexity index is 1100. The Balaban J connectivity index is 1.78. The number of para-hydroxylation sites is 2. The molecule has 5 rings (SSSR count). The van der Waals surface area contributed by atoms with Crippen LogP contribution in [0.5, 0.6) is 11.5 Å². The first kappa shape index (κ1) is 18.9. The molecule has 0 bridgehead atoms. The van der Waals surface area contributed by atoms with E-state index in [-0.39, 0.29) is 5.97 Å². The van der Waals surface area contributed by atoms with Gasteiger partial charge in [0, 0.05) is 16.7 Å². The lowest BCUT2D eigenvalue weighted by molar-refractivity contribution is 0.0224. The highest BCUT2D eigenvalue weighted by molar-refractivity contribution is 5.99. The van der Waals surface area contributed by atoms with Gasteiger partial charge in [-0.15, -0.1) is 0 Å². The van der Waals surface area contributed by atoms with Crippen LogP contribution in [0.3, 0.4) is 0 Å². The Morgan fingerprint density at radius 3 is 2.10 bits per heavy atom. The van der Waals surface area contributed by atoms with Crippen LogP contribution in [0, 0.1) is 5.92 Å². The van der Waals surface area contributed by atoms with Crippen molar-refractivity contribution in [2.24, 2.45) is 5.92 Å². The highest BCUT2D eigenvalue weighted by atomic mass is 16.6. The zero-order chi connectivity index (χ0) is 20.9. The van der Waals surface area contributed by atoms with Gasteiger partial charge in [0.25, 0.3) is 0 Å². The first-order valence-electron chi connectivity index (χ1n) is 10.8. The van der Waals surface area contributed by atoms with E-state index in [2.05, 4.69) is 32.9 Å². The van der Waals surface area contributed by atoms with Crippen LogP contribution in [0.25, 0.3) is 0 Å². The highest BCUT2D eigenvalue weighted by Gasteiger charge is 2.54. The van der Waals surface area contributed by atoms with Gasteiger partial charge < -0.3 is 9.47 Å². The third-order valence-corrected chi connectivity index (χ3v) is 6.34. The molecule has 0 atom stereocenters. The van der Waals surface area contributed by atoms with Crippen molar-refractivity contribution in [2.75, 3.05) is 0 Å². The molecule has 1 spiro atoms. The highest BCUT2D eigenvalue weighted by Crippen LogP contribution is 2.56. The van der Waals surface area contributed by atoms with E-state index in [1.165, 1.54) is 5.56 Å². The number of esters is 1. The van der Waals surface area contributed by atoms with Gasteiger partial charge in [-0.3, -0.25) is 0 Å². The summed E-state index contributed by atoms with van der Waals surface area (Å²) in [5, 5.41) is 0. The van der Waals surface area contributed by atoms with Gasteiger partial charge in [0.1, 0.15) is 11.5 Å². The summed E-state index contributed by atoms with van der Waals surface area (Å²) in [6.45, 7) is 6.59. The summed E-state index contributed by atoms with van der Waals surface area (Å²) in [4.78, 5) is 13.4. The normalized spacial score (nSPS) is 15.4. The first-order chi connectivity index (χ1) is 14.6. The molecular formula is C27H26O3. The minimum absolute atomic E-state index is 0.236. The molecule has 3 nitrogen and oxygen atoms in total. The Labute approximate surface area is 177 Å². The number of carbonyl (C=O) groups excluding carboxylic acids is 1. The van der Waals surface area contributed by atoms with Crippen LogP contribution in [0.15, 0.2) is 60.7 Å². The van der Waals surface area contributed by atoms with Crippen LogP contribution in [0.4, 0.5) is 0 Å². The van der Waals surface area contributed by atoms with Crippen molar-refractivity contribution >= 4 is 5.97 Å². The average molecular weight is 399 g/mol. The Morgan fingerprint density at radius 1 is 0.867 bits per heavy atom. The standard InChI is InChI=1S/C27H26O3/c1-4-19-18(14-13-17(2)3)15-16-22-25(19)26(28)30-27(22)20-9-5-7-11-23(20)29-24-12-8-6-10-21(24)27/h5-12,15-17H,4,13-14H2,1-3H3. The second kappa shape index (κ2) is 7.02. The maximum atomic E-state index is 13.4. The average Bonchev–Trinajstić information content (AvgIpc) is 3.05. The predicted molar refractivity (Wildman–Crippen MR) is 117 cm³/mol. The lowest BCUT2D eigenvalue weighted by Gasteiger charge is -2.36. The van der Waals surface area contributed by atoms with Crippen LogP contribution < -0.4 is 4.74 Å². The first-order valence-corrected chi connectivity index (χ1v) is 10.8. The van der Waals surface area contributed by atoms with Gasteiger partial charge in [-0.1, -0.05) is 69.3 Å². The number of aryl methyl sites for hydroxylation is 1. The van der Waals surface area contributed by atoms with Crippen molar-refractivity contribution in [2.45, 2.75) is 45.6 Å². The Kier molecular flexibility index (Phi) is 4.43. The third kappa shape index (κ3) is 2.61. The Morgan fingerprint density at radius 2 is 1.50 bits per heavy atom. The SMILES string of the molecule is CCc1c(CCC(C)C)ccc2c1C(=O)OC21c2ccccc2Oc2ccccc21. The fraction of sp³-hybridized carbons (Fsp3) is 0.296. The summed E-state index contributed by atoms with van der Waals surface area (Å²) >= 11 is 0. The predicted octanol–water partition coefficient (Wildman–Crippen LogP) is 6.41. The van der Waals surface area contributed by atoms with Crippen molar-refractivity contribution in [3.05, 3.63) is 94.0 Å². The fourth-order valence-corrected chi connectivity index (χ4v) is 4.90. The number of carbonyl (C=O) groups is 1.